The van der Waals surface area contributed by atoms with Crippen LogP contribution in [0.2, 0.25) is 0 Å². The summed E-state index contributed by atoms with van der Waals surface area (Å²) in [5.41, 5.74) is -1.62. The van der Waals surface area contributed by atoms with E-state index in [2.05, 4.69) is 5.32 Å². The van der Waals surface area contributed by atoms with Crippen molar-refractivity contribution in [1.82, 2.24) is 5.32 Å². The third kappa shape index (κ3) is 1.44. The number of carbonyl (C=O) groups is 2. The van der Waals surface area contributed by atoms with E-state index < -0.39 is 17.6 Å². The van der Waals surface area contributed by atoms with Crippen LogP contribution in [0.15, 0.2) is 18.2 Å². The van der Waals surface area contributed by atoms with E-state index in [0.717, 1.165) is 0 Å². The Labute approximate surface area is 90.5 Å². The predicted molar refractivity (Wildman–Crippen MR) is 52.2 cm³/mol. The second-order valence-electron chi connectivity index (χ2n) is 3.58. The Kier molecular flexibility index (Phi) is 2.01. The van der Waals surface area contributed by atoms with Gasteiger partial charge in [-0.3, -0.25) is 4.79 Å². The summed E-state index contributed by atoms with van der Waals surface area (Å²) in [6, 6.07) is 3.89. The summed E-state index contributed by atoms with van der Waals surface area (Å²) in [5, 5.41) is 20.4. The fraction of sp³-hybridized carbons (Fsp3) is 0.200. The van der Waals surface area contributed by atoms with Gasteiger partial charge in [-0.1, -0.05) is 0 Å². The van der Waals surface area contributed by atoms with Crippen LogP contribution in [-0.2, 0) is 4.79 Å². The first-order chi connectivity index (χ1) is 7.42. The Balaban J connectivity index is 2.50. The molecule has 1 aliphatic heterocycles. The van der Waals surface area contributed by atoms with E-state index in [1.165, 1.54) is 25.1 Å². The van der Waals surface area contributed by atoms with Crippen molar-refractivity contribution >= 4 is 11.9 Å². The van der Waals surface area contributed by atoms with Crippen molar-refractivity contribution in [1.29, 1.82) is 0 Å². The molecule has 1 unspecified atom stereocenters. The van der Waals surface area contributed by atoms with Crippen LogP contribution in [0, 0.1) is 0 Å². The molecule has 0 aliphatic carbocycles. The first kappa shape index (κ1) is 10.3. The van der Waals surface area contributed by atoms with Gasteiger partial charge in [0.15, 0.2) is 0 Å². The number of phenolic OH excluding ortho intramolecular Hbond substituents is 1. The number of phenols is 1. The highest BCUT2D eigenvalue weighted by atomic mass is 16.5. The van der Waals surface area contributed by atoms with E-state index in [4.69, 9.17) is 9.84 Å². The molecule has 6 heteroatoms. The van der Waals surface area contributed by atoms with Crippen molar-refractivity contribution in [2.45, 2.75) is 12.6 Å². The predicted octanol–water partition coefficient (Wildman–Crippen LogP) is 0.315. The topological polar surface area (TPSA) is 95.9 Å². The van der Waals surface area contributed by atoms with Crippen LogP contribution in [0.3, 0.4) is 0 Å². The largest absolute Gasteiger partial charge is 0.508 e. The van der Waals surface area contributed by atoms with E-state index >= 15 is 0 Å². The minimum Gasteiger partial charge on any atom is -0.508 e. The Morgan fingerprint density at radius 3 is 2.81 bits per heavy atom. The molecular weight excluding hydrogens is 214 g/mol. The number of ether oxygens (including phenoxy) is 1. The number of hydrogen-bond donors (Lipinski definition) is 3. The van der Waals surface area contributed by atoms with Gasteiger partial charge in [0.25, 0.3) is 11.6 Å². The van der Waals surface area contributed by atoms with E-state index in [1.54, 1.807) is 0 Å². The number of carboxylic acid groups (broad SMARTS) is 1. The number of amides is 1. The van der Waals surface area contributed by atoms with E-state index in [1.807, 2.05) is 0 Å². The molecule has 0 spiro atoms. The molecule has 0 bridgehead atoms. The molecule has 1 aliphatic rings. The number of carboxylic acids is 1. The molecule has 0 aromatic heterocycles. The Bertz CT molecular complexity index is 484. The highest BCUT2D eigenvalue weighted by molar-refractivity contribution is 6.01. The summed E-state index contributed by atoms with van der Waals surface area (Å²) in [6.45, 7) is 1.22. The third-order valence-corrected chi connectivity index (χ3v) is 2.28. The minimum atomic E-state index is -1.81. The normalized spacial score (nSPS) is 22.9. The quantitative estimate of drug-likeness (QED) is 0.637. The van der Waals surface area contributed by atoms with Crippen molar-refractivity contribution in [3.8, 4) is 11.5 Å². The first-order valence-corrected chi connectivity index (χ1v) is 4.50. The van der Waals surface area contributed by atoms with Gasteiger partial charge in [0, 0.05) is 13.0 Å². The maximum absolute atomic E-state index is 11.6. The van der Waals surface area contributed by atoms with Gasteiger partial charge >= 0.3 is 5.97 Å². The van der Waals surface area contributed by atoms with Crippen LogP contribution in [0.25, 0.3) is 0 Å². The minimum absolute atomic E-state index is 0.0497. The van der Waals surface area contributed by atoms with Gasteiger partial charge in [-0.25, -0.2) is 4.79 Å². The van der Waals surface area contributed by atoms with Gasteiger partial charge in [0.1, 0.15) is 11.5 Å². The molecule has 1 heterocycles. The molecule has 1 aromatic rings. The molecular formula is C10H9NO5. The summed E-state index contributed by atoms with van der Waals surface area (Å²) in [6.07, 6.45) is 0. The van der Waals surface area contributed by atoms with Crippen molar-refractivity contribution in [3.05, 3.63) is 23.8 Å². The Hall–Kier alpha value is -2.24. The number of carbonyl (C=O) groups excluding carboxylic acids is 1. The highest BCUT2D eigenvalue weighted by Crippen LogP contribution is 2.30. The van der Waals surface area contributed by atoms with E-state index in [-0.39, 0.29) is 17.1 Å². The van der Waals surface area contributed by atoms with Gasteiger partial charge in [-0.2, -0.15) is 0 Å². The molecule has 0 fully saturated rings. The number of rotatable bonds is 1. The average molecular weight is 223 g/mol. The monoisotopic (exact) mass is 223 g/mol. The van der Waals surface area contributed by atoms with Gasteiger partial charge < -0.3 is 20.3 Å². The van der Waals surface area contributed by atoms with E-state index in [0.29, 0.717) is 0 Å². The number of fused-ring (bicyclic) bond motifs is 1. The zero-order valence-electron chi connectivity index (χ0n) is 8.35. The molecule has 1 atom stereocenters. The summed E-state index contributed by atoms with van der Waals surface area (Å²) < 4.78 is 5.14. The lowest BCUT2D eigenvalue weighted by molar-refractivity contribution is -0.156. The lowest BCUT2D eigenvalue weighted by Crippen LogP contribution is -2.59. The van der Waals surface area contributed by atoms with Crippen LogP contribution in [0.1, 0.15) is 17.3 Å². The fourth-order valence-corrected chi connectivity index (χ4v) is 1.41. The maximum atomic E-state index is 11.6. The van der Waals surface area contributed by atoms with Gasteiger partial charge in [0.2, 0.25) is 0 Å². The molecule has 3 N–H and O–H groups in total. The molecule has 0 radical (unpaired) electrons. The number of nitrogens with one attached hydrogen (secondary N) is 1. The van der Waals surface area contributed by atoms with Crippen LogP contribution >= 0.6 is 0 Å². The standard InChI is InChI=1S/C10H9NO5/c1-10(9(14)15)11-8(13)6-3-2-5(12)4-7(6)16-10/h2-4,12H,1H3,(H,11,13)(H,14,15). The molecule has 16 heavy (non-hydrogen) atoms. The van der Waals surface area contributed by atoms with Crippen LogP contribution in [-0.4, -0.2) is 27.8 Å². The number of benzene rings is 1. The lowest BCUT2D eigenvalue weighted by Gasteiger charge is -2.32. The van der Waals surface area contributed by atoms with Crippen molar-refractivity contribution < 1.29 is 24.5 Å². The smallest absolute Gasteiger partial charge is 0.369 e. The third-order valence-electron chi connectivity index (χ3n) is 2.28. The zero-order valence-corrected chi connectivity index (χ0v) is 8.35. The first-order valence-electron chi connectivity index (χ1n) is 4.50. The summed E-state index contributed by atoms with van der Waals surface area (Å²) in [7, 11) is 0. The number of aromatic hydroxyl groups is 1. The Morgan fingerprint density at radius 1 is 1.50 bits per heavy atom. The molecule has 1 amide bonds. The molecule has 6 nitrogen and oxygen atoms in total. The second kappa shape index (κ2) is 3.13. The molecule has 0 saturated heterocycles. The Morgan fingerprint density at radius 2 is 2.19 bits per heavy atom. The number of aliphatic carboxylic acids is 1. The van der Waals surface area contributed by atoms with Crippen molar-refractivity contribution in [3.63, 3.8) is 0 Å². The molecule has 2 rings (SSSR count). The number of hydrogen-bond acceptors (Lipinski definition) is 4. The summed E-state index contributed by atoms with van der Waals surface area (Å²) in [4.78, 5) is 22.5. The maximum Gasteiger partial charge on any atom is 0.369 e. The SMILES string of the molecule is CC1(C(=O)O)NC(=O)c2ccc(O)cc2O1. The van der Waals surface area contributed by atoms with Crippen molar-refractivity contribution in [2.24, 2.45) is 0 Å². The fourth-order valence-electron chi connectivity index (χ4n) is 1.41. The van der Waals surface area contributed by atoms with Crippen LogP contribution < -0.4 is 10.1 Å². The van der Waals surface area contributed by atoms with Gasteiger partial charge in [-0.15, -0.1) is 0 Å². The summed E-state index contributed by atoms with van der Waals surface area (Å²) in [5.74, 6) is -1.91. The second-order valence-corrected chi connectivity index (χ2v) is 3.58. The lowest BCUT2D eigenvalue weighted by atomic mass is 10.1. The van der Waals surface area contributed by atoms with Gasteiger partial charge in [0.05, 0.1) is 5.56 Å². The highest BCUT2D eigenvalue weighted by Gasteiger charge is 2.42. The van der Waals surface area contributed by atoms with Gasteiger partial charge in [-0.05, 0) is 12.1 Å². The molecule has 84 valence electrons. The molecule has 0 saturated carbocycles. The van der Waals surface area contributed by atoms with Crippen LogP contribution in [0.4, 0.5) is 0 Å². The van der Waals surface area contributed by atoms with Crippen molar-refractivity contribution in [2.75, 3.05) is 0 Å². The summed E-state index contributed by atoms with van der Waals surface area (Å²) >= 11 is 0. The van der Waals surface area contributed by atoms with Crippen LogP contribution in [0.5, 0.6) is 11.5 Å². The average Bonchev–Trinajstić information content (AvgIpc) is 2.16. The van der Waals surface area contributed by atoms with E-state index in [9.17, 15) is 14.7 Å². The zero-order chi connectivity index (χ0) is 11.9. The molecule has 1 aromatic carbocycles.